The molecule has 1 rings (SSSR count). The summed E-state index contributed by atoms with van der Waals surface area (Å²) in [5.74, 6) is -0.0928. The van der Waals surface area contributed by atoms with Crippen LogP contribution in [-0.2, 0) is 19.1 Å². The molecule has 1 atom stereocenters. The van der Waals surface area contributed by atoms with Crippen LogP contribution >= 0.6 is 0 Å². The van der Waals surface area contributed by atoms with Crippen LogP contribution in [0.4, 0.5) is 0 Å². The molecular weight excluding hydrogens is 222 g/mol. The number of nitrogens with zero attached hydrogens (tertiary/aromatic N) is 1. The molecule has 0 aromatic rings. The molecule has 0 radical (unpaired) electrons. The standard InChI is InChI=1S/C12H19NO4/c1-3-17-12(16)5-4-10(14)8-13-7-9(2)6-11(13)15/h9H,3-8H2,1-2H3. The molecule has 5 nitrogen and oxygen atoms in total. The molecule has 0 saturated carbocycles. The first-order valence-electron chi connectivity index (χ1n) is 5.98. The molecule has 1 fully saturated rings. The number of carbonyl (C=O) groups excluding carboxylic acids is 3. The highest BCUT2D eigenvalue weighted by Gasteiger charge is 2.27. The second-order valence-corrected chi connectivity index (χ2v) is 4.43. The van der Waals surface area contributed by atoms with E-state index in [1.807, 2.05) is 6.92 Å². The minimum absolute atomic E-state index is 0.0296. The highest BCUT2D eigenvalue weighted by atomic mass is 16.5. The lowest BCUT2D eigenvalue weighted by Crippen LogP contribution is -2.31. The monoisotopic (exact) mass is 241 g/mol. The predicted molar refractivity (Wildman–Crippen MR) is 61.2 cm³/mol. The number of amides is 1. The second kappa shape index (κ2) is 6.37. The van der Waals surface area contributed by atoms with Crippen molar-refractivity contribution in [1.29, 1.82) is 0 Å². The average Bonchev–Trinajstić information content (AvgIpc) is 2.55. The van der Waals surface area contributed by atoms with Crippen molar-refractivity contribution in [2.45, 2.75) is 33.1 Å². The zero-order chi connectivity index (χ0) is 12.8. The van der Waals surface area contributed by atoms with Crippen molar-refractivity contribution in [1.82, 2.24) is 4.90 Å². The summed E-state index contributed by atoms with van der Waals surface area (Å²) in [7, 11) is 0. The lowest BCUT2D eigenvalue weighted by atomic mass is 10.2. The fraction of sp³-hybridized carbons (Fsp3) is 0.750. The maximum atomic E-state index is 11.6. The minimum atomic E-state index is -0.359. The third-order valence-electron chi connectivity index (χ3n) is 2.69. The van der Waals surface area contributed by atoms with E-state index in [4.69, 9.17) is 4.74 Å². The highest BCUT2D eigenvalue weighted by molar-refractivity contribution is 5.88. The van der Waals surface area contributed by atoms with Crippen LogP contribution < -0.4 is 0 Å². The van der Waals surface area contributed by atoms with E-state index in [-0.39, 0.29) is 37.0 Å². The van der Waals surface area contributed by atoms with Gasteiger partial charge in [0.1, 0.15) is 0 Å². The zero-order valence-corrected chi connectivity index (χ0v) is 10.4. The van der Waals surface area contributed by atoms with Crippen molar-refractivity contribution in [3.05, 3.63) is 0 Å². The molecule has 0 bridgehead atoms. The fourth-order valence-electron chi connectivity index (χ4n) is 1.89. The Kier molecular flexibility index (Phi) is 5.12. The number of hydrogen-bond acceptors (Lipinski definition) is 4. The molecule has 5 heteroatoms. The molecule has 0 aromatic heterocycles. The Labute approximate surface area is 101 Å². The van der Waals surface area contributed by atoms with E-state index < -0.39 is 0 Å². The Morgan fingerprint density at radius 3 is 2.65 bits per heavy atom. The van der Waals surface area contributed by atoms with Gasteiger partial charge in [0.2, 0.25) is 5.91 Å². The SMILES string of the molecule is CCOC(=O)CCC(=O)CN1CC(C)CC1=O. The van der Waals surface area contributed by atoms with E-state index in [2.05, 4.69) is 0 Å². The van der Waals surface area contributed by atoms with Crippen molar-refractivity contribution in [3.63, 3.8) is 0 Å². The first kappa shape index (κ1) is 13.7. The summed E-state index contributed by atoms with van der Waals surface area (Å²) < 4.78 is 4.73. The molecule has 0 N–H and O–H groups in total. The molecule has 1 aliphatic rings. The Balaban J connectivity index is 2.25. The van der Waals surface area contributed by atoms with Crippen LogP contribution in [-0.4, -0.2) is 42.3 Å². The molecule has 0 aromatic carbocycles. The third-order valence-corrected chi connectivity index (χ3v) is 2.69. The number of ether oxygens (including phenoxy) is 1. The fourth-order valence-corrected chi connectivity index (χ4v) is 1.89. The summed E-state index contributed by atoms with van der Waals surface area (Å²) in [6, 6.07) is 0. The number of Topliss-reactive ketones (excluding diaryl/α,β-unsaturated/α-hetero) is 1. The smallest absolute Gasteiger partial charge is 0.306 e. The van der Waals surface area contributed by atoms with Gasteiger partial charge in [0.05, 0.1) is 19.6 Å². The number of hydrogen-bond donors (Lipinski definition) is 0. The quantitative estimate of drug-likeness (QED) is 0.644. The summed E-state index contributed by atoms with van der Waals surface area (Å²) in [6.45, 7) is 4.81. The van der Waals surface area contributed by atoms with Gasteiger partial charge in [-0.15, -0.1) is 0 Å². The van der Waals surface area contributed by atoms with Crippen molar-refractivity contribution in [2.24, 2.45) is 5.92 Å². The predicted octanol–water partition coefficient (Wildman–Crippen LogP) is 0.767. The molecule has 96 valence electrons. The lowest BCUT2D eigenvalue weighted by molar-refractivity contribution is -0.144. The van der Waals surface area contributed by atoms with Crippen LogP contribution in [0.15, 0.2) is 0 Å². The van der Waals surface area contributed by atoms with Gasteiger partial charge in [-0.25, -0.2) is 0 Å². The molecule has 1 heterocycles. The number of rotatable bonds is 6. The molecule has 1 amide bonds. The maximum Gasteiger partial charge on any atom is 0.306 e. The van der Waals surface area contributed by atoms with Crippen LogP contribution in [0.1, 0.15) is 33.1 Å². The Morgan fingerprint density at radius 2 is 2.12 bits per heavy atom. The second-order valence-electron chi connectivity index (χ2n) is 4.43. The van der Waals surface area contributed by atoms with Crippen molar-refractivity contribution >= 4 is 17.7 Å². The van der Waals surface area contributed by atoms with E-state index in [0.717, 1.165) is 0 Å². The summed E-state index contributed by atoms with van der Waals surface area (Å²) >= 11 is 0. The molecule has 1 aliphatic heterocycles. The van der Waals surface area contributed by atoms with Crippen molar-refractivity contribution in [3.8, 4) is 0 Å². The highest BCUT2D eigenvalue weighted by Crippen LogP contribution is 2.16. The molecule has 0 aliphatic carbocycles. The van der Waals surface area contributed by atoms with Crippen LogP contribution in [0.25, 0.3) is 0 Å². The molecular formula is C12H19NO4. The first-order chi connectivity index (χ1) is 8.02. The maximum absolute atomic E-state index is 11.6. The summed E-state index contributed by atoms with van der Waals surface area (Å²) in [4.78, 5) is 35.6. The van der Waals surface area contributed by atoms with Gasteiger partial charge in [0.15, 0.2) is 5.78 Å². The number of likely N-dealkylation sites (tertiary alicyclic amines) is 1. The van der Waals surface area contributed by atoms with Gasteiger partial charge in [-0.05, 0) is 12.8 Å². The normalized spacial score (nSPS) is 19.5. The van der Waals surface area contributed by atoms with E-state index in [1.54, 1.807) is 11.8 Å². The van der Waals surface area contributed by atoms with Crippen molar-refractivity contribution < 1.29 is 19.1 Å². The van der Waals surface area contributed by atoms with E-state index in [0.29, 0.717) is 25.5 Å². The number of ketones is 1. The zero-order valence-electron chi connectivity index (χ0n) is 10.4. The average molecular weight is 241 g/mol. The third kappa shape index (κ3) is 4.54. The Morgan fingerprint density at radius 1 is 1.41 bits per heavy atom. The first-order valence-corrected chi connectivity index (χ1v) is 5.98. The Hall–Kier alpha value is -1.39. The van der Waals surface area contributed by atoms with Gasteiger partial charge in [0, 0.05) is 19.4 Å². The van der Waals surface area contributed by atoms with Crippen LogP contribution in [0.2, 0.25) is 0 Å². The van der Waals surface area contributed by atoms with E-state index in [9.17, 15) is 14.4 Å². The van der Waals surface area contributed by atoms with Gasteiger partial charge in [-0.3, -0.25) is 14.4 Å². The largest absolute Gasteiger partial charge is 0.466 e. The topological polar surface area (TPSA) is 63.7 Å². The van der Waals surface area contributed by atoms with Gasteiger partial charge < -0.3 is 9.64 Å². The number of carbonyl (C=O) groups is 3. The lowest BCUT2D eigenvalue weighted by Gasteiger charge is -2.14. The van der Waals surface area contributed by atoms with Gasteiger partial charge in [0.25, 0.3) is 0 Å². The van der Waals surface area contributed by atoms with Gasteiger partial charge in [-0.1, -0.05) is 6.92 Å². The van der Waals surface area contributed by atoms with Crippen molar-refractivity contribution in [2.75, 3.05) is 19.7 Å². The molecule has 1 unspecified atom stereocenters. The minimum Gasteiger partial charge on any atom is -0.466 e. The number of esters is 1. The Bertz CT molecular complexity index is 314. The summed E-state index contributed by atoms with van der Waals surface area (Å²) in [5, 5.41) is 0. The van der Waals surface area contributed by atoms with E-state index >= 15 is 0 Å². The van der Waals surface area contributed by atoms with Gasteiger partial charge in [-0.2, -0.15) is 0 Å². The molecule has 1 saturated heterocycles. The molecule has 17 heavy (non-hydrogen) atoms. The molecule has 0 spiro atoms. The summed E-state index contributed by atoms with van der Waals surface area (Å²) in [5.41, 5.74) is 0. The van der Waals surface area contributed by atoms with Gasteiger partial charge >= 0.3 is 5.97 Å². The van der Waals surface area contributed by atoms with E-state index in [1.165, 1.54) is 0 Å². The van der Waals surface area contributed by atoms with Crippen LogP contribution in [0, 0.1) is 5.92 Å². The van der Waals surface area contributed by atoms with Crippen LogP contribution in [0.5, 0.6) is 0 Å². The summed E-state index contributed by atoms with van der Waals surface area (Å²) in [6.07, 6.45) is 0.770. The van der Waals surface area contributed by atoms with Crippen LogP contribution in [0.3, 0.4) is 0 Å².